The maximum absolute atomic E-state index is 13.8. The first-order valence-corrected chi connectivity index (χ1v) is 12.7. The zero-order valence-corrected chi connectivity index (χ0v) is 21.3. The molecule has 1 unspecified atom stereocenters. The van der Waals surface area contributed by atoms with Crippen molar-refractivity contribution in [1.29, 1.82) is 0 Å². The number of fused-ring (bicyclic) bond motifs is 1. The Morgan fingerprint density at radius 2 is 1.92 bits per heavy atom. The number of unbranched alkanes of at least 4 members (excludes halogenated alkanes) is 1. The molecule has 0 radical (unpaired) electrons. The van der Waals surface area contributed by atoms with Crippen LogP contribution >= 0.6 is 0 Å². The smallest absolute Gasteiger partial charge is 0.247 e. The van der Waals surface area contributed by atoms with Gasteiger partial charge in [-0.05, 0) is 43.5 Å². The highest BCUT2D eigenvalue weighted by atomic mass is 16.5. The minimum absolute atomic E-state index is 0.0180. The number of nitrogens with one attached hydrogen (secondary N) is 1. The van der Waals surface area contributed by atoms with Crippen molar-refractivity contribution >= 4 is 22.8 Å². The summed E-state index contributed by atoms with van der Waals surface area (Å²) in [5.74, 6) is 0.717. The quantitative estimate of drug-likeness (QED) is 0.435. The molecule has 0 saturated heterocycles. The lowest BCUT2D eigenvalue weighted by Gasteiger charge is -2.33. The van der Waals surface area contributed by atoms with Crippen LogP contribution in [0.4, 0.5) is 0 Å². The zero-order chi connectivity index (χ0) is 25.5. The van der Waals surface area contributed by atoms with Crippen LogP contribution in [-0.4, -0.2) is 58.5 Å². The van der Waals surface area contributed by atoms with Gasteiger partial charge in [-0.3, -0.25) is 9.59 Å². The van der Waals surface area contributed by atoms with Gasteiger partial charge < -0.3 is 19.7 Å². The average Bonchev–Trinajstić information content (AvgIpc) is 3.56. The van der Waals surface area contributed by atoms with E-state index in [1.165, 1.54) is 0 Å². The van der Waals surface area contributed by atoms with Crippen LogP contribution in [0.3, 0.4) is 0 Å². The number of rotatable bonds is 11. The van der Waals surface area contributed by atoms with Crippen LogP contribution in [0.25, 0.3) is 11.0 Å². The summed E-state index contributed by atoms with van der Waals surface area (Å²) < 4.78 is 12.6. The zero-order valence-electron chi connectivity index (χ0n) is 21.3. The molecule has 4 rings (SSSR count). The summed E-state index contributed by atoms with van der Waals surface area (Å²) in [4.78, 5) is 29.3. The predicted octanol–water partition coefficient (Wildman–Crippen LogP) is 3.88. The summed E-state index contributed by atoms with van der Waals surface area (Å²) in [7, 11) is 3.14. The van der Waals surface area contributed by atoms with Crippen LogP contribution in [0.5, 0.6) is 11.5 Å². The fourth-order valence-electron chi connectivity index (χ4n) is 4.82. The van der Waals surface area contributed by atoms with Crippen LogP contribution in [0, 0.1) is 0 Å². The normalized spacial score (nSPS) is 14.5. The highest BCUT2D eigenvalue weighted by Gasteiger charge is 2.35. The molecule has 0 bridgehead atoms. The number of hydrogen-bond acceptors (Lipinski definition) is 6. The number of amides is 2. The van der Waals surface area contributed by atoms with E-state index in [1.807, 2.05) is 30.3 Å². The van der Waals surface area contributed by atoms with Crippen LogP contribution in [0.15, 0.2) is 42.5 Å². The lowest BCUT2D eigenvalue weighted by molar-refractivity contribution is -0.142. The maximum atomic E-state index is 13.8. The highest BCUT2D eigenvalue weighted by Crippen LogP contribution is 2.34. The van der Waals surface area contributed by atoms with Crippen LogP contribution < -0.4 is 14.8 Å². The van der Waals surface area contributed by atoms with Gasteiger partial charge in [-0.15, -0.1) is 5.10 Å². The maximum Gasteiger partial charge on any atom is 0.247 e. The fraction of sp³-hybridized carbons (Fsp3) is 0.481. The molecule has 192 valence electrons. The monoisotopic (exact) mass is 493 g/mol. The number of hydrogen-bond donors (Lipinski definition) is 1. The van der Waals surface area contributed by atoms with Crippen molar-refractivity contribution in [2.24, 2.45) is 0 Å². The summed E-state index contributed by atoms with van der Waals surface area (Å²) in [5.41, 5.74) is 2.12. The molecule has 1 N–H and O–H groups in total. The third kappa shape index (κ3) is 5.61. The standard InChI is InChI=1S/C27H35N5O4/c1-4-5-16-31(25(33)18-32-23-13-9-8-12-22(23)29-30-32)26(27(34)28-19-10-6-7-11-19)21-15-14-20(35-2)17-24(21)36-3/h8-9,12-15,17,19,26H,4-7,10-11,16,18H2,1-3H3,(H,28,34). The summed E-state index contributed by atoms with van der Waals surface area (Å²) in [5, 5.41) is 11.6. The summed E-state index contributed by atoms with van der Waals surface area (Å²) in [6.45, 7) is 2.48. The van der Waals surface area contributed by atoms with Crippen LogP contribution in [0.1, 0.15) is 57.1 Å². The second-order valence-corrected chi connectivity index (χ2v) is 9.18. The largest absolute Gasteiger partial charge is 0.497 e. The summed E-state index contributed by atoms with van der Waals surface area (Å²) in [6.07, 6.45) is 5.74. The van der Waals surface area contributed by atoms with Crippen LogP contribution in [0.2, 0.25) is 0 Å². The first kappa shape index (κ1) is 25.5. The lowest BCUT2D eigenvalue weighted by atomic mass is 10.0. The molecule has 36 heavy (non-hydrogen) atoms. The average molecular weight is 494 g/mol. The molecular formula is C27H35N5O4. The van der Waals surface area contributed by atoms with Crippen molar-refractivity contribution in [1.82, 2.24) is 25.2 Å². The SMILES string of the molecule is CCCCN(C(=O)Cn1nnc2ccccc21)C(C(=O)NC1CCCC1)c1ccc(OC)cc1OC. The summed E-state index contributed by atoms with van der Waals surface area (Å²) in [6, 6.07) is 12.1. The number of benzene rings is 2. The van der Waals surface area contributed by atoms with E-state index < -0.39 is 6.04 Å². The van der Waals surface area contributed by atoms with E-state index in [9.17, 15) is 9.59 Å². The van der Waals surface area contributed by atoms with Crippen molar-refractivity contribution in [2.75, 3.05) is 20.8 Å². The first-order valence-electron chi connectivity index (χ1n) is 12.7. The van der Waals surface area contributed by atoms with Gasteiger partial charge >= 0.3 is 0 Å². The van der Waals surface area contributed by atoms with E-state index >= 15 is 0 Å². The van der Waals surface area contributed by atoms with Gasteiger partial charge in [-0.25, -0.2) is 4.68 Å². The van der Waals surface area contributed by atoms with Gasteiger partial charge in [0, 0.05) is 24.2 Å². The van der Waals surface area contributed by atoms with Gasteiger partial charge in [0.25, 0.3) is 0 Å². The Balaban J connectivity index is 1.71. The molecule has 2 amide bonds. The molecule has 1 aliphatic carbocycles. The molecule has 1 aliphatic rings. The molecule has 9 nitrogen and oxygen atoms in total. The van der Waals surface area contributed by atoms with Crippen molar-refractivity contribution in [2.45, 2.75) is 64.1 Å². The third-order valence-electron chi connectivity index (χ3n) is 6.77. The second kappa shape index (κ2) is 11.9. The van der Waals surface area contributed by atoms with Gasteiger partial charge in [0.15, 0.2) is 0 Å². The van der Waals surface area contributed by atoms with Crippen molar-refractivity contribution in [3.8, 4) is 11.5 Å². The molecule has 1 aromatic heterocycles. The minimum atomic E-state index is -0.847. The Bertz CT molecular complexity index is 1190. The van der Waals surface area contributed by atoms with E-state index in [0.29, 0.717) is 23.6 Å². The van der Waals surface area contributed by atoms with Crippen molar-refractivity contribution in [3.63, 3.8) is 0 Å². The Labute approximate surface area is 211 Å². The van der Waals surface area contributed by atoms with E-state index in [1.54, 1.807) is 35.9 Å². The van der Waals surface area contributed by atoms with Gasteiger partial charge in [0.2, 0.25) is 11.8 Å². The Morgan fingerprint density at radius 3 is 2.64 bits per heavy atom. The molecule has 3 aromatic rings. The lowest BCUT2D eigenvalue weighted by Crippen LogP contribution is -2.47. The Hall–Kier alpha value is -3.62. The van der Waals surface area contributed by atoms with Crippen molar-refractivity contribution < 1.29 is 19.1 Å². The number of methoxy groups -OCH3 is 2. The van der Waals surface area contributed by atoms with Gasteiger partial charge in [-0.2, -0.15) is 0 Å². The molecular weight excluding hydrogens is 458 g/mol. The summed E-state index contributed by atoms with van der Waals surface area (Å²) >= 11 is 0. The van der Waals surface area contributed by atoms with E-state index in [2.05, 4.69) is 22.6 Å². The predicted molar refractivity (Wildman–Crippen MR) is 137 cm³/mol. The molecule has 1 fully saturated rings. The number of aromatic nitrogens is 3. The number of ether oxygens (including phenoxy) is 2. The fourth-order valence-corrected chi connectivity index (χ4v) is 4.82. The molecule has 1 saturated carbocycles. The van der Waals surface area contributed by atoms with E-state index in [-0.39, 0.29) is 24.4 Å². The topological polar surface area (TPSA) is 98.6 Å². The van der Waals surface area contributed by atoms with Gasteiger partial charge in [0.1, 0.15) is 29.6 Å². The number of para-hydroxylation sites is 1. The molecule has 1 atom stereocenters. The molecule has 9 heteroatoms. The molecule has 1 heterocycles. The molecule has 0 aliphatic heterocycles. The molecule has 2 aromatic carbocycles. The van der Waals surface area contributed by atoms with Crippen LogP contribution in [-0.2, 0) is 16.1 Å². The Morgan fingerprint density at radius 1 is 1.14 bits per heavy atom. The molecule has 0 spiro atoms. The number of nitrogens with zero attached hydrogens (tertiary/aromatic N) is 4. The van der Waals surface area contributed by atoms with E-state index in [0.717, 1.165) is 49.6 Å². The second-order valence-electron chi connectivity index (χ2n) is 9.18. The highest BCUT2D eigenvalue weighted by molar-refractivity contribution is 5.90. The number of carbonyl (C=O) groups is 2. The van der Waals surface area contributed by atoms with Gasteiger partial charge in [-0.1, -0.05) is 43.5 Å². The first-order chi connectivity index (χ1) is 17.5. The Kier molecular flexibility index (Phi) is 8.40. The minimum Gasteiger partial charge on any atom is -0.497 e. The number of carbonyl (C=O) groups excluding carboxylic acids is 2. The van der Waals surface area contributed by atoms with Crippen molar-refractivity contribution in [3.05, 3.63) is 48.0 Å². The third-order valence-corrected chi connectivity index (χ3v) is 6.77. The van der Waals surface area contributed by atoms with Gasteiger partial charge in [0.05, 0.1) is 19.7 Å². The van der Waals surface area contributed by atoms with E-state index in [4.69, 9.17) is 9.47 Å².